The van der Waals surface area contributed by atoms with E-state index in [1.165, 1.54) is 0 Å². The van der Waals surface area contributed by atoms with E-state index in [2.05, 4.69) is 15.6 Å². The van der Waals surface area contributed by atoms with Gasteiger partial charge in [0.1, 0.15) is 5.69 Å². The molecule has 0 saturated heterocycles. The van der Waals surface area contributed by atoms with Gasteiger partial charge in [0.15, 0.2) is 0 Å². The van der Waals surface area contributed by atoms with Gasteiger partial charge in [0, 0.05) is 12.0 Å². The van der Waals surface area contributed by atoms with E-state index >= 15 is 0 Å². The first kappa shape index (κ1) is 17.4. The van der Waals surface area contributed by atoms with Crippen molar-refractivity contribution in [3.05, 3.63) is 42.2 Å². The molecule has 0 bridgehead atoms. The SMILES string of the molecule is CC(NC(=O)C1CCC(N)C1)c1cn(-c2ccccc2)nn1.Cl. The third-order valence-corrected chi connectivity index (χ3v) is 4.18. The fourth-order valence-electron chi connectivity index (χ4n) is 2.84. The van der Waals surface area contributed by atoms with Gasteiger partial charge in [-0.2, -0.15) is 0 Å². The molecular weight excluding hydrogens is 314 g/mol. The Balaban J connectivity index is 0.00000192. The highest BCUT2D eigenvalue weighted by Gasteiger charge is 2.28. The van der Waals surface area contributed by atoms with Crippen LogP contribution in [0.15, 0.2) is 36.5 Å². The summed E-state index contributed by atoms with van der Waals surface area (Å²) in [6, 6.07) is 9.77. The van der Waals surface area contributed by atoms with Crippen molar-refractivity contribution >= 4 is 18.3 Å². The van der Waals surface area contributed by atoms with E-state index in [0.29, 0.717) is 0 Å². The number of amides is 1. The molecule has 0 aliphatic heterocycles. The summed E-state index contributed by atoms with van der Waals surface area (Å²) in [5.74, 6) is 0.0938. The van der Waals surface area contributed by atoms with Crippen LogP contribution in [0.1, 0.15) is 37.9 Å². The Kier molecular flexibility index (Phi) is 5.74. The molecule has 1 aliphatic rings. The largest absolute Gasteiger partial charge is 0.348 e. The molecule has 3 N–H and O–H groups in total. The summed E-state index contributed by atoms with van der Waals surface area (Å²) < 4.78 is 1.71. The molecule has 3 atom stereocenters. The second kappa shape index (κ2) is 7.57. The summed E-state index contributed by atoms with van der Waals surface area (Å²) in [7, 11) is 0. The number of aromatic nitrogens is 3. The summed E-state index contributed by atoms with van der Waals surface area (Å²) in [6.45, 7) is 1.92. The third-order valence-electron chi connectivity index (χ3n) is 4.18. The van der Waals surface area contributed by atoms with E-state index in [1.807, 2.05) is 43.5 Å². The highest BCUT2D eigenvalue weighted by molar-refractivity contribution is 5.85. The molecule has 124 valence electrons. The van der Waals surface area contributed by atoms with Crippen LogP contribution in [0.25, 0.3) is 5.69 Å². The van der Waals surface area contributed by atoms with Crippen LogP contribution in [0.2, 0.25) is 0 Å². The van der Waals surface area contributed by atoms with Gasteiger partial charge in [-0.3, -0.25) is 4.79 Å². The molecule has 0 spiro atoms. The van der Waals surface area contributed by atoms with Gasteiger partial charge in [-0.15, -0.1) is 17.5 Å². The Labute approximate surface area is 141 Å². The Morgan fingerprint density at radius 2 is 2.09 bits per heavy atom. The van der Waals surface area contributed by atoms with Crippen LogP contribution in [0.4, 0.5) is 0 Å². The van der Waals surface area contributed by atoms with Gasteiger partial charge in [0.2, 0.25) is 5.91 Å². The molecule has 1 amide bonds. The molecule has 3 unspecified atom stereocenters. The van der Waals surface area contributed by atoms with E-state index in [4.69, 9.17) is 5.73 Å². The lowest BCUT2D eigenvalue weighted by Crippen LogP contribution is -2.32. The summed E-state index contributed by atoms with van der Waals surface area (Å²) in [5.41, 5.74) is 7.56. The zero-order chi connectivity index (χ0) is 15.5. The van der Waals surface area contributed by atoms with Gasteiger partial charge in [-0.1, -0.05) is 23.4 Å². The number of halogens is 1. The zero-order valence-corrected chi connectivity index (χ0v) is 13.9. The van der Waals surface area contributed by atoms with Gasteiger partial charge in [-0.05, 0) is 38.3 Å². The Bertz CT molecular complexity index is 645. The maximum atomic E-state index is 12.2. The molecule has 7 heteroatoms. The molecule has 23 heavy (non-hydrogen) atoms. The smallest absolute Gasteiger partial charge is 0.223 e. The summed E-state index contributed by atoms with van der Waals surface area (Å²) >= 11 is 0. The van der Waals surface area contributed by atoms with E-state index in [1.54, 1.807) is 4.68 Å². The first-order valence-electron chi connectivity index (χ1n) is 7.67. The summed E-state index contributed by atoms with van der Waals surface area (Å²) in [6.07, 6.45) is 4.42. The van der Waals surface area contributed by atoms with Gasteiger partial charge >= 0.3 is 0 Å². The quantitative estimate of drug-likeness (QED) is 0.894. The van der Waals surface area contributed by atoms with Crippen LogP contribution in [-0.4, -0.2) is 26.9 Å². The van der Waals surface area contributed by atoms with E-state index in [0.717, 1.165) is 30.6 Å². The number of carbonyl (C=O) groups is 1. The maximum absolute atomic E-state index is 12.2. The molecule has 1 heterocycles. The molecule has 1 fully saturated rings. The molecular formula is C16H22ClN5O. The number of carbonyl (C=O) groups excluding carboxylic acids is 1. The molecule has 1 aromatic carbocycles. The molecule has 1 aromatic heterocycles. The Morgan fingerprint density at radius 1 is 1.35 bits per heavy atom. The summed E-state index contributed by atoms with van der Waals surface area (Å²) in [5, 5.41) is 11.3. The minimum atomic E-state index is -0.165. The second-order valence-corrected chi connectivity index (χ2v) is 5.92. The van der Waals surface area contributed by atoms with Crippen molar-refractivity contribution in [3.63, 3.8) is 0 Å². The van der Waals surface area contributed by atoms with Crippen LogP contribution >= 0.6 is 12.4 Å². The predicted molar refractivity (Wildman–Crippen MR) is 90.5 cm³/mol. The lowest BCUT2D eigenvalue weighted by atomic mass is 10.1. The Morgan fingerprint density at radius 3 is 2.74 bits per heavy atom. The highest BCUT2D eigenvalue weighted by atomic mass is 35.5. The van der Waals surface area contributed by atoms with Crippen molar-refractivity contribution in [3.8, 4) is 5.69 Å². The number of hydrogen-bond donors (Lipinski definition) is 2. The number of nitrogens with two attached hydrogens (primary N) is 1. The van der Waals surface area contributed by atoms with Crippen molar-refractivity contribution in [2.45, 2.75) is 38.3 Å². The first-order valence-corrected chi connectivity index (χ1v) is 7.67. The minimum absolute atomic E-state index is 0. The third kappa shape index (κ3) is 4.09. The fraction of sp³-hybridized carbons (Fsp3) is 0.438. The van der Waals surface area contributed by atoms with Crippen LogP contribution in [-0.2, 0) is 4.79 Å². The van der Waals surface area contributed by atoms with E-state index < -0.39 is 0 Å². The molecule has 6 nitrogen and oxygen atoms in total. The van der Waals surface area contributed by atoms with Crippen molar-refractivity contribution in [2.75, 3.05) is 0 Å². The van der Waals surface area contributed by atoms with Crippen LogP contribution in [0.5, 0.6) is 0 Å². The van der Waals surface area contributed by atoms with Crippen LogP contribution in [0.3, 0.4) is 0 Å². The van der Waals surface area contributed by atoms with Crippen molar-refractivity contribution < 1.29 is 4.79 Å². The number of nitrogens with zero attached hydrogens (tertiary/aromatic N) is 3. The van der Waals surface area contributed by atoms with Crippen molar-refractivity contribution in [1.82, 2.24) is 20.3 Å². The number of benzene rings is 1. The van der Waals surface area contributed by atoms with Crippen molar-refractivity contribution in [1.29, 1.82) is 0 Å². The monoisotopic (exact) mass is 335 g/mol. The van der Waals surface area contributed by atoms with Gasteiger partial charge in [0.25, 0.3) is 0 Å². The predicted octanol–water partition coefficient (Wildman–Crippen LogP) is 1.99. The molecule has 2 aromatic rings. The normalized spacial score (nSPS) is 21.5. The number of hydrogen-bond acceptors (Lipinski definition) is 4. The fourth-order valence-corrected chi connectivity index (χ4v) is 2.84. The van der Waals surface area contributed by atoms with Crippen LogP contribution in [0, 0.1) is 5.92 Å². The second-order valence-electron chi connectivity index (χ2n) is 5.92. The standard InChI is InChI=1S/C16H21N5O.ClH/c1-11(18-16(22)12-7-8-13(17)9-12)15-10-21(20-19-15)14-5-3-2-4-6-14;/h2-6,10-13H,7-9,17H2,1H3,(H,18,22);1H. The van der Waals surface area contributed by atoms with E-state index in [9.17, 15) is 4.79 Å². The average Bonchev–Trinajstić information content (AvgIpc) is 3.17. The molecule has 1 saturated carbocycles. The lowest BCUT2D eigenvalue weighted by molar-refractivity contribution is -0.125. The van der Waals surface area contributed by atoms with Gasteiger partial charge in [0.05, 0.1) is 17.9 Å². The number of nitrogens with one attached hydrogen (secondary N) is 1. The maximum Gasteiger partial charge on any atom is 0.223 e. The van der Waals surface area contributed by atoms with Gasteiger partial charge < -0.3 is 11.1 Å². The van der Waals surface area contributed by atoms with Gasteiger partial charge in [-0.25, -0.2) is 4.68 Å². The van der Waals surface area contributed by atoms with E-state index in [-0.39, 0.29) is 36.3 Å². The molecule has 0 radical (unpaired) electrons. The minimum Gasteiger partial charge on any atom is -0.348 e. The van der Waals surface area contributed by atoms with Crippen molar-refractivity contribution in [2.24, 2.45) is 11.7 Å². The Hall–Kier alpha value is -1.92. The molecule has 1 aliphatic carbocycles. The zero-order valence-electron chi connectivity index (χ0n) is 13.1. The highest BCUT2D eigenvalue weighted by Crippen LogP contribution is 2.25. The number of rotatable bonds is 4. The average molecular weight is 336 g/mol. The molecule has 3 rings (SSSR count). The van der Waals surface area contributed by atoms with Crippen LogP contribution < -0.4 is 11.1 Å². The number of para-hydroxylation sites is 1. The topological polar surface area (TPSA) is 85.8 Å². The summed E-state index contributed by atoms with van der Waals surface area (Å²) in [4.78, 5) is 12.2. The first-order chi connectivity index (χ1) is 10.6. The lowest BCUT2D eigenvalue weighted by Gasteiger charge is -2.15.